The highest BCUT2D eigenvalue weighted by Gasteiger charge is 2.09. The van der Waals surface area contributed by atoms with Crippen molar-refractivity contribution in [2.24, 2.45) is 5.84 Å². The summed E-state index contributed by atoms with van der Waals surface area (Å²) in [4.78, 5) is 12.3. The third-order valence-electron chi connectivity index (χ3n) is 3.58. The number of rotatable bonds is 5. The zero-order valence-corrected chi connectivity index (χ0v) is 12.4. The van der Waals surface area contributed by atoms with E-state index in [4.69, 9.17) is 5.84 Å². The molecule has 0 saturated heterocycles. The lowest BCUT2D eigenvalue weighted by molar-refractivity contribution is 0.0950. The molecule has 0 aromatic heterocycles. The molecule has 0 aliphatic heterocycles. The number of benzene rings is 2. The highest BCUT2D eigenvalue weighted by atomic mass is 16.1. The molecule has 2 aromatic carbocycles. The van der Waals surface area contributed by atoms with Gasteiger partial charge < -0.3 is 10.7 Å². The van der Waals surface area contributed by atoms with E-state index < -0.39 is 0 Å². The Morgan fingerprint density at radius 2 is 1.86 bits per heavy atom. The molecule has 0 aliphatic carbocycles. The summed E-state index contributed by atoms with van der Waals surface area (Å²) in [5.41, 5.74) is 7.35. The van der Waals surface area contributed by atoms with Crippen LogP contribution in [0.15, 0.2) is 42.5 Å². The smallest absolute Gasteiger partial charge is 0.251 e. The molecule has 0 spiro atoms. The van der Waals surface area contributed by atoms with E-state index in [0.29, 0.717) is 12.1 Å². The lowest BCUT2D eigenvalue weighted by Gasteiger charge is -2.11. The minimum absolute atomic E-state index is 0.0676. The van der Waals surface area contributed by atoms with Crippen LogP contribution in [0.25, 0.3) is 0 Å². The summed E-state index contributed by atoms with van der Waals surface area (Å²) in [6.07, 6.45) is 0.960. The Morgan fingerprint density at radius 1 is 1.14 bits per heavy atom. The van der Waals surface area contributed by atoms with Gasteiger partial charge in [-0.3, -0.25) is 10.6 Å². The summed E-state index contributed by atoms with van der Waals surface area (Å²) in [5, 5.41) is 2.98. The summed E-state index contributed by atoms with van der Waals surface area (Å²) >= 11 is 0. The number of hydrogen-bond donors (Lipinski definition) is 3. The maximum Gasteiger partial charge on any atom is 0.251 e. The summed E-state index contributed by atoms with van der Waals surface area (Å²) in [6, 6.07) is 13.6. The van der Waals surface area contributed by atoms with E-state index in [0.717, 1.165) is 23.2 Å². The fraction of sp³-hybridized carbons (Fsp3) is 0.235. The van der Waals surface area contributed by atoms with Crippen molar-refractivity contribution in [2.45, 2.75) is 26.8 Å². The molecule has 110 valence electrons. The van der Waals surface area contributed by atoms with Gasteiger partial charge in [0.05, 0.1) is 0 Å². The first-order valence-electron chi connectivity index (χ1n) is 7.08. The molecule has 4 heteroatoms. The molecule has 0 heterocycles. The average Bonchev–Trinajstić information content (AvgIpc) is 2.52. The van der Waals surface area contributed by atoms with Gasteiger partial charge in [-0.15, -0.1) is 0 Å². The molecule has 2 aromatic rings. The van der Waals surface area contributed by atoms with Crippen molar-refractivity contribution in [2.75, 3.05) is 5.43 Å². The van der Waals surface area contributed by atoms with Crippen LogP contribution in [0, 0.1) is 6.92 Å². The standard InChI is InChI=1S/C17H21N3O/c1-3-13-6-4-5-7-14(13)11-19-17(21)16-9-8-15(20-18)10-12(16)2/h4-10,20H,3,11,18H2,1-2H3,(H,19,21). The molecule has 0 unspecified atom stereocenters. The molecule has 0 fully saturated rings. The van der Waals surface area contributed by atoms with Crippen molar-refractivity contribution >= 4 is 11.6 Å². The first-order chi connectivity index (χ1) is 10.2. The molecule has 0 atom stereocenters. The van der Waals surface area contributed by atoms with Crippen LogP contribution in [0.2, 0.25) is 0 Å². The Balaban J connectivity index is 2.08. The summed E-state index contributed by atoms with van der Waals surface area (Å²) in [5.74, 6) is 5.29. The number of hydrogen-bond acceptors (Lipinski definition) is 3. The highest BCUT2D eigenvalue weighted by Crippen LogP contribution is 2.15. The Hall–Kier alpha value is -2.33. The Labute approximate surface area is 125 Å². The van der Waals surface area contributed by atoms with E-state index in [1.54, 1.807) is 12.1 Å². The molecule has 0 bridgehead atoms. The molecule has 21 heavy (non-hydrogen) atoms. The fourth-order valence-corrected chi connectivity index (χ4v) is 2.35. The normalized spacial score (nSPS) is 10.2. The number of hydrazine groups is 1. The van der Waals surface area contributed by atoms with Crippen molar-refractivity contribution in [3.8, 4) is 0 Å². The molecule has 1 amide bonds. The van der Waals surface area contributed by atoms with Crippen LogP contribution in [-0.4, -0.2) is 5.91 Å². The monoisotopic (exact) mass is 283 g/mol. The zero-order valence-electron chi connectivity index (χ0n) is 12.4. The largest absolute Gasteiger partial charge is 0.348 e. The first-order valence-corrected chi connectivity index (χ1v) is 7.08. The van der Waals surface area contributed by atoms with Gasteiger partial charge in [-0.25, -0.2) is 0 Å². The molecule has 0 radical (unpaired) electrons. The molecular weight excluding hydrogens is 262 g/mol. The summed E-state index contributed by atoms with van der Waals surface area (Å²) in [7, 11) is 0. The number of nitrogen functional groups attached to an aromatic ring is 1. The minimum atomic E-state index is -0.0676. The molecule has 0 saturated carbocycles. The van der Waals surface area contributed by atoms with E-state index in [1.807, 2.05) is 31.2 Å². The van der Waals surface area contributed by atoms with Gasteiger partial charge in [0.1, 0.15) is 0 Å². The first kappa shape index (κ1) is 15.1. The Bertz CT molecular complexity index is 638. The van der Waals surface area contributed by atoms with Gasteiger partial charge in [-0.1, -0.05) is 31.2 Å². The number of carbonyl (C=O) groups is 1. The second-order valence-electron chi connectivity index (χ2n) is 4.98. The maximum atomic E-state index is 12.3. The van der Waals surface area contributed by atoms with Crippen LogP contribution in [0.1, 0.15) is 34.0 Å². The topological polar surface area (TPSA) is 67.2 Å². The highest BCUT2D eigenvalue weighted by molar-refractivity contribution is 5.96. The molecular formula is C17H21N3O. The van der Waals surface area contributed by atoms with Crippen molar-refractivity contribution in [3.05, 3.63) is 64.7 Å². The van der Waals surface area contributed by atoms with Gasteiger partial charge in [0, 0.05) is 17.8 Å². The number of nitrogens with two attached hydrogens (primary N) is 1. The summed E-state index contributed by atoms with van der Waals surface area (Å²) in [6.45, 7) is 4.55. The second-order valence-corrected chi connectivity index (χ2v) is 4.98. The van der Waals surface area contributed by atoms with Gasteiger partial charge >= 0.3 is 0 Å². The minimum Gasteiger partial charge on any atom is -0.348 e. The lowest BCUT2D eigenvalue weighted by Crippen LogP contribution is -2.24. The van der Waals surface area contributed by atoms with Gasteiger partial charge in [-0.05, 0) is 48.2 Å². The Morgan fingerprint density at radius 3 is 2.48 bits per heavy atom. The van der Waals surface area contributed by atoms with E-state index in [9.17, 15) is 4.79 Å². The SMILES string of the molecule is CCc1ccccc1CNC(=O)c1ccc(NN)cc1C. The van der Waals surface area contributed by atoms with Crippen molar-refractivity contribution in [1.29, 1.82) is 0 Å². The summed E-state index contributed by atoms with van der Waals surface area (Å²) < 4.78 is 0. The number of carbonyl (C=O) groups excluding carboxylic acids is 1. The fourth-order valence-electron chi connectivity index (χ4n) is 2.35. The zero-order chi connectivity index (χ0) is 15.2. The van der Waals surface area contributed by atoms with E-state index >= 15 is 0 Å². The van der Waals surface area contributed by atoms with Gasteiger partial charge in [0.2, 0.25) is 0 Å². The molecule has 4 nitrogen and oxygen atoms in total. The van der Waals surface area contributed by atoms with Gasteiger partial charge in [-0.2, -0.15) is 0 Å². The lowest BCUT2D eigenvalue weighted by atomic mass is 10.0. The molecule has 0 aliphatic rings. The van der Waals surface area contributed by atoms with E-state index in [-0.39, 0.29) is 5.91 Å². The van der Waals surface area contributed by atoms with Crippen molar-refractivity contribution < 1.29 is 4.79 Å². The maximum absolute atomic E-state index is 12.3. The quantitative estimate of drug-likeness (QED) is 0.584. The van der Waals surface area contributed by atoms with E-state index in [1.165, 1.54) is 5.56 Å². The van der Waals surface area contributed by atoms with Crippen molar-refractivity contribution in [1.82, 2.24) is 5.32 Å². The number of aryl methyl sites for hydroxylation is 2. The third kappa shape index (κ3) is 3.61. The van der Waals surface area contributed by atoms with Gasteiger partial charge in [0.25, 0.3) is 5.91 Å². The number of nitrogens with one attached hydrogen (secondary N) is 2. The van der Waals surface area contributed by atoms with Crippen LogP contribution < -0.4 is 16.6 Å². The number of amides is 1. The second kappa shape index (κ2) is 6.90. The van der Waals surface area contributed by atoms with Crippen LogP contribution >= 0.6 is 0 Å². The number of anilines is 1. The third-order valence-corrected chi connectivity index (χ3v) is 3.58. The van der Waals surface area contributed by atoms with Crippen molar-refractivity contribution in [3.63, 3.8) is 0 Å². The van der Waals surface area contributed by atoms with E-state index in [2.05, 4.69) is 23.7 Å². The van der Waals surface area contributed by atoms with Crippen LogP contribution in [-0.2, 0) is 13.0 Å². The van der Waals surface area contributed by atoms with Crippen LogP contribution in [0.4, 0.5) is 5.69 Å². The van der Waals surface area contributed by atoms with Crippen LogP contribution in [0.3, 0.4) is 0 Å². The predicted octanol–water partition coefficient (Wildman–Crippen LogP) is 2.77. The Kier molecular flexibility index (Phi) is 4.95. The van der Waals surface area contributed by atoms with Gasteiger partial charge in [0.15, 0.2) is 0 Å². The van der Waals surface area contributed by atoms with Crippen LogP contribution in [0.5, 0.6) is 0 Å². The molecule has 4 N–H and O–H groups in total. The average molecular weight is 283 g/mol. The molecule has 2 rings (SSSR count). The predicted molar refractivity (Wildman–Crippen MR) is 86.0 cm³/mol.